The fourth-order valence-corrected chi connectivity index (χ4v) is 8.80. The molecule has 5 aliphatic rings. The predicted molar refractivity (Wildman–Crippen MR) is 200 cm³/mol. The Hall–Kier alpha value is -4.48. The number of rotatable bonds is 10. The molecule has 2 aromatic carbocycles. The molecule has 14 heteroatoms. The zero-order valence-electron chi connectivity index (χ0n) is 29.2. The number of piperidine rings is 1. The summed E-state index contributed by atoms with van der Waals surface area (Å²) >= 11 is 7.80. The average Bonchev–Trinajstić information content (AvgIpc) is 3.41. The Kier molecular flexibility index (Phi) is 11.3. The SMILES string of the molecule is N#CC1=CCC(O[C@H]2CC[C@H](NC(=O)c3ccc(N4CCN(CCSc5ccc6c(c5)C(=O)N(C5CCC(=O)NC5=O)C6=O)CC4)cc3)CC2)C=C1Cl. The first-order valence-electron chi connectivity index (χ1n) is 18.2. The van der Waals surface area contributed by atoms with E-state index in [1.54, 1.807) is 23.9 Å². The van der Waals surface area contributed by atoms with Crippen LogP contribution in [-0.4, -0.2) is 102 Å². The molecule has 12 nitrogen and oxygen atoms in total. The lowest BCUT2D eigenvalue weighted by Crippen LogP contribution is -2.54. The molecule has 5 amide bonds. The topological polar surface area (TPSA) is 152 Å². The molecule has 2 N–H and O–H groups in total. The maximum absolute atomic E-state index is 13.2. The van der Waals surface area contributed by atoms with Crippen LogP contribution >= 0.6 is 23.4 Å². The molecule has 53 heavy (non-hydrogen) atoms. The molecule has 0 bridgehead atoms. The molecule has 0 radical (unpaired) electrons. The lowest BCUT2D eigenvalue weighted by Gasteiger charge is -2.36. The molecule has 276 valence electrons. The Balaban J connectivity index is 0.815. The molecule has 2 aromatic rings. The second kappa shape index (κ2) is 16.3. The van der Waals surface area contributed by atoms with Crippen molar-refractivity contribution in [3.63, 3.8) is 0 Å². The quantitative estimate of drug-likeness (QED) is 0.264. The highest BCUT2D eigenvalue weighted by Crippen LogP contribution is 2.32. The smallest absolute Gasteiger partial charge is 0.262 e. The number of thioether (sulfide) groups is 1. The number of carbonyl (C=O) groups excluding carboxylic acids is 5. The molecule has 2 aliphatic carbocycles. The molecule has 0 aromatic heterocycles. The number of ether oxygens (including phenoxy) is 1. The van der Waals surface area contributed by atoms with Crippen molar-refractivity contribution in [2.24, 2.45) is 0 Å². The lowest BCUT2D eigenvalue weighted by molar-refractivity contribution is -0.136. The number of hydrogen-bond donors (Lipinski definition) is 2. The van der Waals surface area contributed by atoms with Crippen LogP contribution in [0.3, 0.4) is 0 Å². The first-order valence-corrected chi connectivity index (χ1v) is 19.5. The van der Waals surface area contributed by atoms with Gasteiger partial charge in [0.15, 0.2) is 0 Å². The molecular formula is C39H41ClN6O6S. The van der Waals surface area contributed by atoms with Crippen LogP contribution in [0.4, 0.5) is 5.69 Å². The van der Waals surface area contributed by atoms with E-state index in [1.807, 2.05) is 42.5 Å². The second-order valence-electron chi connectivity index (χ2n) is 14.0. The number of nitriles is 1. The minimum Gasteiger partial charge on any atom is -0.371 e. The number of nitrogens with zero attached hydrogens (tertiary/aromatic N) is 4. The Morgan fingerprint density at radius 3 is 2.40 bits per heavy atom. The molecule has 7 rings (SSSR count). The molecular weight excluding hydrogens is 716 g/mol. The molecule has 1 saturated carbocycles. The maximum atomic E-state index is 13.2. The third-order valence-corrected chi connectivity index (χ3v) is 11.9. The highest BCUT2D eigenvalue weighted by molar-refractivity contribution is 7.99. The fourth-order valence-electron chi connectivity index (χ4n) is 7.59. The van der Waals surface area contributed by atoms with E-state index >= 15 is 0 Å². The summed E-state index contributed by atoms with van der Waals surface area (Å²) in [5.41, 5.74) is 2.81. The Bertz CT molecular complexity index is 1890. The van der Waals surface area contributed by atoms with Gasteiger partial charge >= 0.3 is 0 Å². The standard InChI is InChI=1S/C39H41ClN6O6S/c40-33-21-29(8-3-25(33)23-41)52-28-9-4-26(5-10-28)42-36(48)24-1-6-27(7-2-24)45-17-15-44(16-18-45)19-20-53-30-11-12-31-32(22-30)39(51)46(38(31)50)34-13-14-35(47)43-37(34)49/h1-3,6-7,11-12,21-22,26,28-29,34H,4-5,8-10,13-20H2,(H,42,48)(H,43,47,49)/t26-,28-,29?,34?. The van der Waals surface area contributed by atoms with E-state index in [2.05, 4.69) is 26.5 Å². The van der Waals surface area contributed by atoms with Gasteiger partial charge in [0.2, 0.25) is 11.8 Å². The Labute approximate surface area is 317 Å². The largest absolute Gasteiger partial charge is 0.371 e. The maximum Gasteiger partial charge on any atom is 0.262 e. The number of carbonyl (C=O) groups is 5. The average molecular weight is 757 g/mol. The Morgan fingerprint density at radius 2 is 1.70 bits per heavy atom. The van der Waals surface area contributed by atoms with E-state index in [1.165, 1.54) is 0 Å². The number of allylic oxidation sites excluding steroid dienone is 2. The number of nitrogens with one attached hydrogen (secondary N) is 2. The van der Waals surface area contributed by atoms with Gasteiger partial charge in [0.25, 0.3) is 17.7 Å². The van der Waals surface area contributed by atoms with Crippen molar-refractivity contribution in [3.05, 3.63) is 81.9 Å². The van der Waals surface area contributed by atoms with E-state index in [-0.39, 0.29) is 42.6 Å². The van der Waals surface area contributed by atoms with Crippen molar-refractivity contribution in [1.29, 1.82) is 5.26 Å². The second-order valence-corrected chi connectivity index (χ2v) is 15.6. The van der Waals surface area contributed by atoms with Crippen molar-refractivity contribution in [1.82, 2.24) is 20.4 Å². The number of imide groups is 2. The van der Waals surface area contributed by atoms with E-state index in [4.69, 9.17) is 21.6 Å². The van der Waals surface area contributed by atoms with Crippen LogP contribution in [-0.2, 0) is 14.3 Å². The summed E-state index contributed by atoms with van der Waals surface area (Å²) in [6.07, 6.45) is 7.90. The normalized spacial score (nSPS) is 25.0. The highest BCUT2D eigenvalue weighted by atomic mass is 35.5. The number of anilines is 1. The van der Waals surface area contributed by atoms with Gasteiger partial charge in [-0.15, -0.1) is 11.8 Å². The summed E-state index contributed by atoms with van der Waals surface area (Å²) in [6, 6.07) is 14.3. The summed E-state index contributed by atoms with van der Waals surface area (Å²) in [5.74, 6) is -1.26. The van der Waals surface area contributed by atoms with Gasteiger partial charge in [-0.3, -0.25) is 39.1 Å². The van der Waals surface area contributed by atoms with Crippen LogP contribution in [0.15, 0.2) is 70.1 Å². The molecule has 0 spiro atoms. The van der Waals surface area contributed by atoms with Gasteiger partial charge in [-0.05, 0) is 87.1 Å². The fraction of sp³-hybridized carbons (Fsp3) is 0.436. The molecule has 3 fully saturated rings. The molecule has 2 unspecified atom stereocenters. The van der Waals surface area contributed by atoms with Crippen LogP contribution in [0.2, 0.25) is 0 Å². The van der Waals surface area contributed by atoms with Crippen molar-refractivity contribution in [2.45, 2.75) is 74.1 Å². The first-order chi connectivity index (χ1) is 25.7. The molecule has 2 saturated heterocycles. The summed E-state index contributed by atoms with van der Waals surface area (Å²) in [7, 11) is 0. The number of amides is 5. The summed E-state index contributed by atoms with van der Waals surface area (Å²) in [6.45, 7) is 4.39. The van der Waals surface area contributed by atoms with Crippen molar-refractivity contribution in [2.75, 3.05) is 43.4 Å². The van der Waals surface area contributed by atoms with Crippen LogP contribution in [0.1, 0.15) is 76.0 Å². The van der Waals surface area contributed by atoms with Gasteiger partial charge in [0.05, 0.1) is 33.9 Å². The third kappa shape index (κ3) is 8.36. The summed E-state index contributed by atoms with van der Waals surface area (Å²) < 4.78 is 6.22. The molecule has 3 heterocycles. The number of piperazine rings is 1. The number of benzene rings is 2. The van der Waals surface area contributed by atoms with E-state index < -0.39 is 29.7 Å². The zero-order chi connectivity index (χ0) is 37.1. The van der Waals surface area contributed by atoms with Crippen LogP contribution in [0.25, 0.3) is 0 Å². The van der Waals surface area contributed by atoms with Gasteiger partial charge in [-0.2, -0.15) is 5.26 Å². The van der Waals surface area contributed by atoms with Crippen molar-refractivity contribution in [3.8, 4) is 6.07 Å². The van der Waals surface area contributed by atoms with Crippen molar-refractivity contribution >= 4 is 58.6 Å². The van der Waals surface area contributed by atoms with Gasteiger partial charge in [-0.25, -0.2) is 0 Å². The van der Waals surface area contributed by atoms with E-state index in [0.717, 1.165) is 79.6 Å². The number of hydrogen-bond acceptors (Lipinski definition) is 10. The highest BCUT2D eigenvalue weighted by Gasteiger charge is 2.44. The number of fused-ring (bicyclic) bond motifs is 1. The predicted octanol–water partition coefficient (Wildman–Crippen LogP) is 4.40. The third-order valence-electron chi connectivity index (χ3n) is 10.6. The first kappa shape index (κ1) is 36.9. The summed E-state index contributed by atoms with van der Waals surface area (Å²) in [5, 5.41) is 15.0. The number of halogens is 1. The van der Waals surface area contributed by atoms with Crippen LogP contribution in [0.5, 0.6) is 0 Å². The van der Waals surface area contributed by atoms with Gasteiger partial charge in [-0.1, -0.05) is 17.7 Å². The van der Waals surface area contributed by atoms with Crippen LogP contribution in [0, 0.1) is 11.3 Å². The molecule has 3 aliphatic heterocycles. The van der Waals surface area contributed by atoms with Gasteiger partial charge < -0.3 is 15.0 Å². The van der Waals surface area contributed by atoms with Crippen LogP contribution < -0.4 is 15.5 Å². The van der Waals surface area contributed by atoms with E-state index in [0.29, 0.717) is 28.2 Å². The van der Waals surface area contributed by atoms with Crippen molar-refractivity contribution < 1.29 is 28.7 Å². The Morgan fingerprint density at radius 1 is 0.962 bits per heavy atom. The van der Waals surface area contributed by atoms with Gasteiger partial charge in [0.1, 0.15) is 12.1 Å². The minimum atomic E-state index is -0.972. The molecule has 2 atom stereocenters. The minimum absolute atomic E-state index is 0.0645. The summed E-state index contributed by atoms with van der Waals surface area (Å²) in [4.78, 5) is 69.7. The lowest BCUT2D eigenvalue weighted by atomic mass is 9.92. The van der Waals surface area contributed by atoms with E-state index in [9.17, 15) is 24.0 Å². The monoisotopic (exact) mass is 756 g/mol. The van der Waals surface area contributed by atoms with Gasteiger partial charge in [0, 0.05) is 67.1 Å². The zero-order valence-corrected chi connectivity index (χ0v) is 30.8.